The van der Waals surface area contributed by atoms with Crippen LogP contribution in [0.5, 0.6) is 0 Å². The lowest BCUT2D eigenvalue weighted by Gasteiger charge is -2.28. The van der Waals surface area contributed by atoms with Crippen molar-refractivity contribution < 1.29 is 9.90 Å². The fourth-order valence-corrected chi connectivity index (χ4v) is 3.84. The third kappa shape index (κ3) is 4.93. The van der Waals surface area contributed by atoms with E-state index in [1.165, 1.54) is 11.1 Å². The lowest BCUT2D eigenvalue weighted by atomic mass is 9.85. The molecule has 2 aromatic rings. The lowest BCUT2D eigenvalue weighted by Crippen LogP contribution is -2.41. The largest absolute Gasteiger partial charge is 0.481 e. The van der Waals surface area contributed by atoms with Crippen molar-refractivity contribution in [1.82, 2.24) is 5.32 Å². The molecule has 0 bridgehead atoms. The number of hydrogen-bond donors (Lipinski definition) is 2. The van der Waals surface area contributed by atoms with Gasteiger partial charge in [-0.25, -0.2) is 0 Å². The quantitative estimate of drug-likeness (QED) is 0.785. The van der Waals surface area contributed by atoms with E-state index in [9.17, 15) is 4.79 Å². The molecule has 1 saturated heterocycles. The molecule has 25 heavy (non-hydrogen) atoms. The highest BCUT2D eigenvalue weighted by Gasteiger charge is 2.25. The molecule has 132 valence electrons. The van der Waals surface area contributed by atoms with E-state index >= 15 is 0 Å². The molecular weight excluding hydrogens is 310 g/mol. The van der Waals surface area contributed by atoms with E-state index in [1.807, 2.05) is 0 Å². The van der Waals surface area contributed by atoms with Gasteiger partial charge in [-0.3, -0.25) is 4.79 Å². The minimum Gasteiger partial charge on any atom is -0.481 e. The van der Waals surface area contributed by atoms with E-state index in [1.54, 1.807) is 0 Å². The van der Waals surface area contributed by atoms with E-state index in [2.05, 4.69) is 66.0 Å². The fraction of sp³-hybridized carbons (Fsp3) is 0.409. The van der Waals surface area contributed by atoms with Crippen LogP contribution in [0, 0.1) is 5.92 Å². The molecule has 3 heteroatoms. The van der Waals surface area contributed by atoms with Gasteiger partial charge in [0.25, 0.3) is 0 Å². The van der Waals surface area contributed by atoms with E-state index < -0.39 is 5.97 Å². The maximum atomic E-state index is 11.0. The molecule has 1 heterocycles. The van der Waals surface area contributed by atoms with Crippen molar-refractivity contribution >= 4 is 5.97 Å². The lowest BCUT2D eigenvalue weighted by molar-refractivity contribution is -0.142. The smallest absolute Gasteiger partial charge is 0.307 e. The summed E-state index contributed by atoms with van der Waals surface area (Å²) in [6.07, 6.45) is 5.15. The molecule has 2 N–H and O–H groups in total. The van der Waals surface area contributed by atoms with Gasteiger partial charge in [0.15, 0.2) is 0 Å². The van der Waals surface area contributed by atoms with Gasteiger partial charge >= 0.3 is 5.97 Å². The minimum atomic E-state index is -0.667. The Bertz CT molecular complexity index is 609. The van der Waals surface area contributed by atoms with Gasteiger partial charge in [0.2, 0.25) is 0 Å². The average Bonchev–Trinajstić information content (AvgIpc) is 2.67. The first-order valence-electron chi connectivity index (χ1n) is 9.30. The van der Waals surface area contributed by atoms with E-state index in [0.717, 1.165) is 32.1 Å². The number of carboxylic acids is 1. The van der Waals surface area contributed by atoms with Gasteiger partial charge < -0.3 is 10.4 Å². The maximum Gasteiger partial charge on any atom is 0.307 e. The van der Waals surface area contributed by atoms with Crippen molar-refractivity contribution in [3.05, 3.63) is 71.8 Å². The molecule has 0 aliphatic carbocycles. The molecule has 1 fully saturated rings. The Hall–Kier alpha value is -2.13. The summed E-state index contributed by atoms with van der Waals surface area (Å²) in [6, 6.07) is 21.9. The van der Waals surface area contributed by atoms with Gasteiger partial charge in [0.05, 0.1) is 5.92 Å². The third-order valence-electron chi connectivity index (χ3n) is 5.32. The first kappa shape index (κ1) is 17.7. The molecule has 0 amide bonds. The van der Waals surface area contributed by atoms with Crippen LogP contribution >= 0.6 is 0 Å². The number of carboxylic acid groups (broad SMARTS) is 1. The fourth-order valence-electron chi connectivity index (χ4n) is 3.84. The highest BCUT2D eigenvalue weighted by Crippen LogP contribution is 2.30. The van der Waals surface area contributed by atoms with Crippen LogP contribution in [0.15, 0.2) is 60.7 Å². The number of benzene rings is 2. The second-order valence-corrected chi connectivity index (χ2v) is 7.02. The Morgan fingerprint density at radius 1 is 1.00 bits per heavy atom. The van der Waals surface area contributed by atoms with Crippen LogP contribution in [0.4, 0.5) is 0 Å². The highest BCUT2D eigenvalue weighted by molar-refractivity contribution is 5.70. The number of rotatable bonds is 7. The van der Waals surface area contributed by atoms with Gasteiger partial charge in [-0.05, 0) is 36.8 Å². The van der Waals surface area contributed by atoms with Gasteiger partial charge in [0, 0.05) is 18.5 Å². The Balaban J connectivity index is 1.56. The Labute approximate surface area is 150 Å². The molecule has 0 radical (unpaired) electrons. The van der Waals surface area contributed by atoms with Gasteiger partial charge in [-0.15, -0.1) is 0 Å². The van der Waals surface area contributed by atoms with E-state index in [4.69, 9.17) is 5.11 Å². The van der Waals surface area contributed by atoms with Crippen molar-refractivity contribution in [1.29, 1.82) is 0 Å². The number of nitrogens with one attached hydrogen (secondary N) is 1. The minimum absolute atomic E-state index is 0.211. The Kier molecular flexibility index (Phi) is 6.24. The zero-order chi connectivity index (χ0) is 17.5. The Morgan fingerprint density at radius 3 is 2.08 bits per heavy atom. The molecule has 2 atom stereocenters. The molecular formula is C22H27NO2. The molecule has 0 unspecified atom stereocenters. The summed E-state index contributed by atoms with van der Waals surface area (Å²) in [5, 5.41) is 12.5. The summed E-state index contributed by atoms with van der Waals surface area (Å²) in [7, 11) is 0. The summed E-state index contributed by atoms with van der Waals surface area (Å²) < 4.78 is 0. The molecule has 0 aromatic heterocycles. The number of hydrogen-bond acceptors (Lipinski definition) is 2. The number of aliphatic carboxylic acids is 1. The van der Waals surface area contributed by atoms with Crippen LogP contribution in [0.25, 0.3) is 0 Å². The second kappa shape index (κ2) is 8.82. The molecule has 0 spiro atoms. The molecule has 3 nitrogen and oxygen atoms in total. The van der Waals surface area contributed by atoms with Crippen LogP contribution in [-0.2, 0) is 4.79 Å². The monoisotopic (exact) mass is 337 g/mol. The number of carbonyl (C=O) groups is 1. The van der Waals surface area contributed by atoms with E-state index in [-0.39, 0.29) is 5.92 Å². The first-order valence-corrected chi connectivity index (χ1v) is 9.30. The van der Waals surface area contributed by atoms with Crippen molar-refractivity contribution in [2.45, 2.75) is 44.1 Å². The predicted octanol–water partition coefficient (Wildman–Crippen LogP) is 4.44. The van der Waals surface area contributed by atoms with Gasteiger partial charge in [-0.2, -0.15) is 0 Å². The maximum absolute atomic E-state index is 11.0. The highest BCUT2D eigenvalue weighted by atomic mass is 16.4. The second-order valence-electron chi connectivity index (χ2n) is 7.02. The molecule has 3 rings (SSSR count). The zero-order valence-corrected chi connectivity index (χ0v) is 14.6. The van der Waals surface area contributed by atoms with Crippen LogP contribution in [-0.4, -0.2) is 23.7 Å². The molecule has 1 aliphatic heterocycles. The summed E-state index contributed by atoms with van der Waals surface area (Å²) in [6.45, 7) is 0.612. The molecule has 2 aromatic carbocycles. The van der Waals surface area contributed by atoms with Crippen molar-refractivity contribution in [2.24, 2.45) is 5.92 Å². The summed E-state index contributed by atoms with van der Waals surface area (Å²) >= 11 is 0. The summed E-state index contributed by atoms with van der Waals surface area (Å²) in [5.41, 5.74) is 2.74. The van der Waals surface area contributed by atoms with Crippen molar-refractivity contribution in [3.8, 4) is 0 Å². The molecule has 1 aliphatic rings. The van der Waals surface area contributed by atoms with Gasteiger partial charge in [0.1, 0.15) is 0 Å². The van der Waals surface area contributed by atoms with Crippen LogP contribution in [0.1, 0.15) is 49.1 Å². The molecule has 0 saturated carbocycles. The summed E-state index contributed by atoms with van der Waals surface area (Å²) in [5.74, 6) is -0.449. The standard InChI is InChI=1S/C22H27NO2/c24-22(25)19-14-15-20(23-16-19)12-7-13-21(17-8-3-1-4-9-17)18-10-5-2-6-11-18/h1-6,8-11,19-21,23H,7,12-16H2,(H,24,25)/t19-,20+/m1/s1. The van der Waals surface area contributed by atoms with Crippen LogP contribution in [0.2, 0.25) is 0 Å². The first-order chi connectivity index (χ1) is 12.2. The zero-order valence-electron chi connectivity index (χ0n) is 14.6. The Morgan fingerprint density at radius 2 is 1.60 bits per heavy atom. The SMILES string of the molecule is O=C(O)[C@@H]1CC[C@H](CCCC(c2ccccc2)c2ccccc2)NC1. The predicted molar refractivity (Wildman–Crippen MR) is 101 cm³/mol. The van der Waals surface area contributed by atoms with Crippen molar-refractivity contribution in [3.63, 3.8) is 0 Å². The average molecular weight is 337 g/mol. The van der Waals surface area contributed by atoms with Crippen LogP contribution in [0.3, 0.4) is 0 Å². The topological polar surface area (TPSA) is 49.3 Å². The third-order valence-corrected chi connectivity index (χ3v) is 5.32. The van der Waals surface area contributed by atoms with Crippen LogP contribution < -0.4 is 5.32 Å². The normalized spacial score (nSPS) is 20.5. The van der Waals surface area contributed by atoms with Crippen molar-refractivity contribution in [2.75, 3.05) is 6.54 Å². The number of piperidine rings is 1. The summed E-state index contributed by atoms with van der Waals surface area (Å²) in [4.78, 5) is 11.0. The van der Waals surface area contributed by atoms with E-state index in [0.29, 0.717) is 18.5 Å². The van der Waals surface area contributed by atoms with Gasteiger partial charge in [-0.1, -0.05) is 67.1 Å².